The maximum Gasteiger partial charge on any atom is 0.325 e. The highest BCUT2D eigenvalue weighted by molar-refractivity contribution is 6.35. The summed E-state index contributed by atoms with van der Waals surface area (Å²) in [6, 6.07) is 15.1. The number of nitrogens with one attached hydrogen (secondary N) is 2. The number of hydrogen-bond donors (Lipinski definition) is 2. The first kappa shape index (κ1) is 22.8. The molecule has 2 heterocycles. The van der Waals surface area contributed by atoms with Crippen molar-refractivity contribution < 1.29 is 14.4 Å². The van der Waals surface area contributed by atoms with Gasteiger partial charge in [0.1, 0.15) is 17.9 Å². The van der Waals surface area contributed by atoms with Gasteiger partial charge in [-0.1, -0.05) is 66.5 Å². The van der Waals surface area contributed by atoms with Crippen molar-refractivity contribution in [2.75, 3.05) is 11.9 Å². The molecule has 2 aromatic carbocycles. The van der Waals surface area contributed by atoms with Crippen LogP contribution in [0.1, 0.15) is 24.5 Å². The van der Waals surface area contributed by atoms with Gasteiger partial charge in [0.05, 0.1) is 12.7 Å². The molecule has 0 saturated carbocycles. The van der Waals surface area contributed by atoms with E-state index in [2.05, 4.69) is 15.7 Å². The quantitative estimate of drug-likeness (QED) is 0.493. The highest BCUT2D eigenvalue weighted by atomic mass is 35.5. The summed E-state index contributed by atoms with van der Waals surface area (Å²) < 4.78 is 1.55. The van der Waals surface area contributed by atoms with Crippen LogP contribution in [0.25, 0.3) is 0 Å². The highest BCUT2D eigenvalue weighted by Gasteiger charge is 2.51. The number of urea groups is 1. The molecule has 2 N–H and O–H groups in total. The third-order valence-corrected chi connectivity index (χ3v) is 6.18. The second kappa shape index (κ2) is 9.25. The van der Waals surface area contributed by atoms with Crippen LogP contribution in [0.2, 0.25) is 10.0 Å². The molecule has 1 atom stereocenters. The number of imide groups is 1. The number of benzene rings is 2. The van der Waals surface area contributed by atoms with E-state index in [1.54, 1.807) is 53.2 Å². The van der Waals surface area contributed by atoms with E-state index in [0.717, 1.165) is 10.5 Å². The summed E-state index contributed by atoms with van der Waals surface area (Å²) in [4.78, 5) is 39.5. The molecular weight excluding hydrogens is 465 g/mol. The molecule has 1 aliphatic rings. The first-order chi connectivity index (χ1) is 15.8. The SMILES string of the molecule is CCC1(c2ccccc2)NC(=O)N(CC(=O)Nc2ccnn2Cc2ccc(Cl)cc2Cl)C1=O. The molecule has 0 spiro atoms. The van der Waals surface area contributed by atoms with Crippen molar-refractivity contribution in [2.45, 2.75) is 25.4 Å². The van der Waals surface area contributed by atoms with Crippen LogP contribution in [0.5, 0.6) is 0 Å². The lowest BCUT2D eigenvalue weighted by Gasteiger charge is -2.25. The maximum absolute atomic E-state index is 13.2. The van der Waals surface area contributed by atoms with E-state index >= 15 is 0 Å². The molecule has 1 aliphatic heterocycles. The minimum atomic E-state index is -1.19. The van der Waals surface area contributed by atoms with Gasteiger partial charge < -0.3 is 10.6 Å². The first-order valence-corrected chi connectivity index (χ1v) is 11.0. The monoisotopic (exact) mass is 485 g/mol. The van der Waals surface area contributed by atoms with Crippen molar-refractivity contribution in [2.24, 2.45) is 0 Å². The first-order valence-electron chi connectivity index (χ1n) is 10.3. The molecule has 33 heavy (non-hydrogen) atoms. The van der Waals surface area contributed by atoms with E-state index in [-0.39, 0.29) is 0 Å². The van der Waals surface area contributed by atoms with Gasteiger partial charge in [0.25, 0.3) is 5.91 Å². The van der Waals surface area contributed by atoms with Crippen LogP contribution < -0.4 is 10.6 Å². The normalized spacial score (nSPS) is 17.8. The number of nitrogens with zero attached hydrogens (tertiary/aromatic N) is 3. The van der Waals surface area contributed by atoms with E-state index in [1.165, 1.54) is 6.20 Å². The fourth-order valence-corrected chi connectivity index (χ4v) is 4.30. The Bertz CT molecular complexity index is 1210. The minimum absolute atomic E-state index is 0.300. The lowest BCUT2D eigenvalue weighted by atomic mass is 9.87. The maximum atomic E-state index is 13.2. The van der Waals surface area contributed by atoms with Crippen LogP contribution in [-0.2, 0) is 21.7 Å². The summed E-state index contributed by atoms with van der Waals surface area (Å²) in [5, 5.41) is 10.7. The van der Waals surface area contributed by atoms with E-state index < -0.39 is 29.9 Å². The summed E-state index contributed by atoms with van der Waals surface area (Å²) in [6.45, 7) is 1.69. The van der Waals surface area contributed by atoms with Gasteiger partial charge in [-0.25, -0.2) is 9.48 Å². The molecule has 4 rings (SSSR count). The second-order valence-electron chi connectivity index (χ2n) is 7.60. The van der Waals surface area contributed by atoms with Crippen molar-refractivity contribution in [1.29, 1.82) is 0 Å². The molecule has 3 aromatic rings. The number of carbonyl (C=O) groups is 3. The van der Waals surface area contributed by atoms with Crippen LogP contribution in [0, 0.1) is 0 Å². The van der Waals surface area contributed by atoms with Crippen molar-refractivity contribution >= 4 is 46.9 Å². The predicted molar refractivity (Wildman–Crippen MR) is 125 cm³/mol. The lowest BCUT2D eigenvalue weighted by Crippen LogP contribution is -2.44. The molecule has 4 amide bonds. The fourth-order valence-electron chi connectivity index (χ4n) is 3.83. The van der Waals surface area contributed by atoms with Crippen molar-refractivity contribution in [1.82, 2.24) is 20.0 Å². The van der Waals surface area contributed by atoms with Gasteiger partial charge in [-0.2, -0.15) is 5.10 Å². The Hall–Kier alpha value is -3.36. The molecule has 8 nitrogen and oxygen atoms in total. The number of hydrogen-bond acceptors (Lipinski definition) is 4. The fraction of sp³-hybridized carbons (Fsp3) is 0.217. The van der Waals surface area contributed by atoms with Crippen LogP contribution in [0.15, 0.2) is 60.8 Å². The minimum Gasteiger partial charge on any atom is -0.319 e. The summed E-state index contributed by atoms with van der Waals surface area (Å²) in [7, 11) is 0. The van der Waals surface area contributed by atoms with Crippen molar-refractivity contribution in [3.8, 4) is 0 Å². The van der Waals surface area contributed by atoms with Gasteiger partial charge in [0.15, 0.2) is 0 Å². The predicted octanol–water partition coefficient (Wildman–Crippen LogP) is 4.03. The van der Waals surface area contributed by atoms with Crippen LogP contribution in [-0.4, -0.2) is 39.1 Å². The summed E-state index contributed by atoms with van der Waals surface area (Å²) in [6.07, 6.45) is 1.89. The van der Waals surface area contributed by atoms with Crippen molar-refractivity contribution in [3.05, 3.63) is 82.0 Å². The molecule has 0 bridgehead atoms. The number of aromatic nitrogens is 2. The second-order valence-corrected chi connectivity index (χ2v) is 8.45. The van der Waals surface area contributed by atoms with Crippen LogP contribution in [0.4, 0.5) is 10.6 Å². The number of carbonyl (C=O) groups excluding carboxylic acids is 3. The number of anilines is 1. The molecular formula is C23H21Cl2N5O3. The molecule has 0 radical (unpaired) electrons. The number of amides is 4. The Labute approximate surface area is 200 Å². The summed E-state index contributed by atoms with van der Waals surface area (Å²) in [5.74, 6) is -0.580. The molecule has 1 saturated heterocycles. The van der Waals surface area contributed by atoms with Gasteiger partial charge >= 0.3 is 6.03 Å². The van der Waals surface area contributed by atoms with Gasteiger partial charge in [-0.05, 0) is 29.7 Å². The van der Waals surface area contributed by atoms with E-state index in [9.17, 15) is 14.4 Å². The van der Waals surface area contributed by atoms with Gasteiger partial charge in [0, 0.05) is 16.1 Å². The van der Waals surface area contributed by atoms with Crippen molar-refractivity contribution in [3.63, 3.8) is 0 Å². The average molecular weight is 486 g/mol. The number of halogens is 2. The summed E-state index contributed by atoms with van der Waals surface area (Å²) in [5.41, 5.74) is 0.253. The Morgan fingerprint density at radius 1 is 1.12 bits per heavy atom. The van der Waals surface area contributed by atoms with Gasteiger partial charge in [0.2, 0.25) is 5.91 Å². The third-order valence-electron chi connectivity index (χ3n) is 5.59. The molecule has 1 fully saturated rings. The zero-order valence-electron chi connectivity index (χ0n) is 17.7. The number of rotatable bonds is 7. The molecule has 1 aromatic heterocycles. The lowest BCUT2D eigenvalue weighted by molar-refractivity contribution is -0.134. The Balaban J connectivity index is 1.47. The standard InChI is InChI=1S/C23H21Cl2N5O3/c1-2-23(16-6-4-3-5-7-16)21(32)29(22(33)28-23)14-20(31)27-19-10-11-26-30(19)13-15-8-9-17(24)12-18(15)25/h3-12H,2,13-14H2,1H3,(H,27,31)(H,28,33). The van der Waals surface area contributed by atoms with Gasteiger partial charge in [-0.3, -0.25) is 14.5 Å². The zero-order chi connectivity index (χ0) is 23.6. The molecule has 1 unspecified atom stereocenters. The molecule has 170 valence electrons. The third kappa shape index (κ3) is 4.44. The van der Waals surface area contributed by atoms with Crippen LogP contribution in [0.3, 0.4) is 0 Å². The topological polar surface area (TPSA) is 96.3 Å². The highest BCUT2D eigenvalue weighted by Crippen LogP contribution is 2.32. The average Bonchev–Trinajstić information content (AvgIpc) is 3.33. The largest absolute Gasteiger partial charge is 0.325 e. The zero-order valence-corrected chi connectivity index (χ0v) is 19.2. The molecule has 10 heteroatoms. The van der Waals surface area contributed by atoms with Gasteiger partial charge in [-0.15, -0.1) is 0 Å². The summed E-state index contributed by atoms with van der Waals surface area (Å²) >= 11 is 12.2. The molecule has 0 aliphatic carbocycles. The Morgan fingerprint density at radius 2 is 1.88 bits per heavy atom. The smallest absolute Gasteiger partial charge is 0.319 e. The van der Waals surface area contributed by atoms with E-state index in [1.807, 2.05) is 13.0 Å². The van der Waals surface area contributed by atoms with E-state index in [0.29, 0.717) is 34.4 Å². The van der Waals surface area contributed by atoms with Crippen LogP contribution >= 0.6 is 23.2 Å². The Kier molecular flexibility index (Phi) is 6.40. The Morgan fingerprint density at radius 3 is 2.58 bits per heavy atom. The van der Waals surface area contributed by atoms with E-state index in [4.69, 9.17) is 23.2 Å².